The van der Waals surface area contributed by atoms with Gasteiger partial charge in [-0.2, -0.15) is 4.98 Å². The van der Waals surface area contributed by atoms with E-state index in [1.165, 1.54) is 25.7 Å². The number of hydrogen-bond donors (Lipinski definition) is 1. The summed E-state index contributed by atoms with van der Waals surface area (Å²) >= 11 is 0. The Morgan fingerprint density at radius 3 is 2.71 bits per heavy atom. The molecule has 4 heteroatoms. The molecule has 1 aromatic heterocycles. The van der Waals surface area contributed by atoms with Crippen LogP contribution in [0.5, 0.6) is 0 Å². The first-order valence-electron chi connectivity index (χ1n) is 6.65. The van der Waals surface area contributed by atoms with E-state index in [0.29, 0.717) is 24.1 Å². The molecule has 1 saturated carbocycles. The molecule has 1 N–H and O–H groups in total. The minimum Gasteiger partial charge on any atom is -0.393 e. The molecule has 2 rings (SSSR count). The third-order valence-electron chi connectivity index (χ3n) is 3.36. The zero-order valence-electron chi connectivity index (χ0n) is 10.7. The average molecular weight is 238 g/mol. The second kappa shape index (κ2) is 5.63. The van der Waals surface area contributed by atoms with Crippen molar-refractivity contribution < 1.29 is 9.63 Å². The summed E-state index contributed by atoms with van der Waals surface area (Å²) in [6, 6.07) is 0. The maximum absolute atomic E-state index is 9.82. The Balaban J connectivity index is 1.89. The van der Waals surface area contributed by atoms with Crippen LogP contribution in [0, 0.1) is 5.92 Å². The first kappa shape index (κ1) is 12.6. The van der Waals surface area contributed by atoms with Gasteiger partial charge in [-0.1, -0.05) is 31.8 Å². The largest absolute Gasteiger partial charge is 0.393 e. The molecule has 1 aliphatic carbocycles. The normalized spacial score (nSPS) is 19.1. The van der Waals surface area contributed by atoms with Gasteiger partial charge in [-0.05, 0) is 25.2 Å². The molecule has 17 heavy (non-hydrogen) atoms. The fourth-order valence-electron chi connectivity index (χ4n) is 2.53. The summed E-state index contributed by atoms with van der Waals surface area (Å²) in [6.45, 7) is 4.20. The van der Waals surface area contributed by atoms with Crippen molar-refractivity contribution in [3.05, 3.63) is 11.7 Å². The average Bonchev–Trinajstić information content (AvgIpc) is 2.84. The van der Waals surface area contributed by atoms with Crippen molar-refractivity contribution in [3.8, 4) is 0 Å². The Bertz CT molecular complexity index is 343. The standard InChI is InChI=1S/C13H22N2O2/c1-9(2)7-11(16)8-12-14-13(15-17-12)10-5-3-4-6-10/h9-11,16H,3-8H2,1-2H3. The number of aliphatic hydroxyl groups is 1. The quantitative estimate of drug-likeness (QED) is 0.856. The Hall–Kier alpha value is -0.900. The molecule has 0 radical (unpaired) electrons. The van der Waals surface area contributed by atoms with Gasteiger partial charge < -0.3 is 9.63 Å². The molecule has 1 fully saturated rings. The smallest absolute Gasteiger partial charge is 0.229 e. The Kier molecular flexibility index (Phi) is 4.15. The van der Waals surface area contributed by atoms with Crippen LogP contribution in [0.25, 0.3) is 0 Å². The summed E-state index contributed by atoms with van der Waals surface area (Å²) in [5, 5.41) is 13.9. The second-order valence-corrected chi connectivity index (χ2v) is 5.52. The Morgan fingerprint density at radius 2 is 2.06 bits per heavy atom. The van der Waals surface area contributed by atoms with Gasteiger partial charge in [-0.15, -0.1) is 0 Å². The number of aliphatic hydroxyl groups excluding tert-OH is 1. The lowest BCUT2D eigenvalue weighted by atomic mass is 10.0. The Morgan fingerprint density at radius 1 is 1.35 bits per heavy atom. The SMILES string of the molecule is CC(C)CC(O)Cc1nc(C2CCCC2)no1. The van der Waals surface area contributed by atoms with Crippen LogP contribution in [0.15, 0.2) is 4.52 Å². The molecule has 0 spiro atoms. The van der Waals surface area contributed by atoms with Gasteiger partial charge in [0.1, 0.15) is 0 Å². The zero-order chi connectivity index (χ0) is 12.3. The second-order valence-electron chi connectivity index (χ2n) is 5.52. The molecular formula is C13H22N2O2. The lowest BCUT2D eigenvalue weighted by Crippen LogP contribution is -2.13. The van der Waals surface area contributed by atoms with Crippen LogP contribution in [0.4, 0.5) is 0 Å². The van der Waals surface area contributed by atoms with E-state index >= 15 is 0 Å². The highest BCUT2D eigenvalue weighted by Gasteiger charge is 2.23. The number of nitrogens with zero attached hydrogens (tertiary/aromatic N) is 2. The third-order valence-corrected chi connectivity index (χ3v) is 3.36. The predicted molar refractivity (Wildman–Crippen MR) is 64.7 cm³/mol. The first-order valence-corrected chi connectivity index (χ1v) is 6.65. The lowest BCUT2D eigenvalue weighted by Gasteiger charge is -2.09. The van der Waals surface area contributed by atoms with Gasteiger partial charge in [0.15, 0.2) is 5.82 Å². The molecule has 1 heterocycles. The van der Waals surface area contributed by atoms with Gasteiger partial charge in [0.25, 0.3) is 0 Å². The van der Waals surface area contributed by atoms with Crippen LogP contribution in [0.2, 0.25) is 0 Å². The van der Waals surface area contributed by atoms with Crippen LogP contribution >= 0.6 is 0 Å². The maximum atomic E-state index is 9.82. The summed E-state index contributed by atoms with van der Waals surface area (Å²) < 4.78 is 5.21. The van der Waals surface area contributed by atoms with Gasteiger partial charge >= 0.3 is 0 Å². The van der Waals surface area contributed by atoms with Crippen molar-refractivity contribution in [1.29, 1.82) is 0 Å². The topological polar surface area (TPSA) is 59.2 Å². The monoisotopic (exact) mass is 238 g/mol. The summed E-state index contributed by atoms with van der Waals surface area (Å²) in [5.41, 5.74) is 0. The van der Waals surface area contributed by atoms with Crippen LogP contribution in [-0.4, -0.2) is 21.4 Å². The highest BCUT2D eigenvalue weighted by atomic mass is 16.5. The molecule has 0 aromatic carbocycles. The van der Waals surface area contributed by atoms with Crippen molar-refractivity contribution in [3.63, 3.8) is 0 Å². The van der Waals surface area contributed by atoms with Crippen LogP contribution in [0.3, 0.4) is 0 Å². The van der Waals surface area contributed by atoms with E-state index in [2.05, 4.69) is 24.0 Å². The lowest BCUT2D eigenvalue weighted by molar-refractivity contribution is 0.138. The number of hydrogen-bond acceptors (Lipinski definition) is 4. The molecule has 1 aliphatic rings. The highest BCUT2D eigenvalue weighted by Crippen LogP contribution is 2.32. The molecule has 1 unspecified atom stereocenters. The van der Waals surface area contributed by atoms with Gasteiger partial charge in [0.05, 0.1) is 12.5 Å². The highest BCUT2D eigenvalue weighted by molar-refractivity contribution is 4.98. The summed E-state index contributed by atoms with van der Waals surface area (Å²) in [4.78, 5) is 4.40. The molecular weight excluding hydrogens is 216 g/mol. The van der Waals surface area contributed by atoms with Gasteiger partial charge in [0, 0.05) is 5.92 Å². The molecule has 1 aromatic rings. The van der Waals surface area contributed by atoms with Crippen molar-refractivity contribution in [2.75, 3.05) is 0 Å². The van der Waals surface area contributed by atoms with E-state index in [9.17, 15) is 5.11 Å². The molecule has 4 nitrogen and oxygen atoms in total. The van der Waals surface area contributed by atoms with E-state index in [4.69, 9.17) is 4.52 Å². The van der Waals surface area contributed by atoms with Crippen LogP contribution in [-0.2, 0) is 6.42 Å². The summed E-state index contributed by atoms with van der Waals surface area (Å²) in [7, 11) is 0. The maximum Gasteiger partial charge on any atom is 0.229 e. The van der Waals surface area contributed by atoms with E-state index in [1.807, 2.05) is 0 Å². The third kappa shape index (κ3) is 3.53. The van der Waals surface area contributed by atoms with Crippen molar-refractivity contribution in [2.45, 2.75) is 64.4 Å². The molecule has 1 atom stereocenters. The minimum absolute atomic E-state index is 0.369. The molecule has 0 saturated heterocycles. The fraction of sp³-hybridized carbons (Fsp3) is 0.846. The van der Waals surface area contributed by atoms with E-state index in [1.54, 1.807) is 0 Å². The molecule has 0 bridgehead atoms. The number of aromatic nitrogens is 2. The first-order chi connectivity index (χ1) is 8.15. The van der Waals surface area contributed by atoms with Gasteiger partial charge in [-0.25, -0.2) is 0 Å². The van der Waals surface area contributed by atoms with Gasteiger partial charge in [-0.3, -0.25) is 0 Å². The van der Waals surface area contributed by atoms with E-state index in [-0.39, 0.29) is 6.10 Å². The van der Waals surface area contributed by atoms with E-state index in [0.717, 1.165) is 12.2 Å². The van der Waals surface area contributed by atoms with Crippen molar-refractivity contribution >= 4 is 0 Å². The molecule has 96 valence electrons. The number of rotatable bonds is 5. The van der Waals surface area contributed by atoms with Crippen LogP contribution in [0.1, 0.15) is 63.6 Å². The molecule has 0 aliphatic heterocycles. The van der Waals surface area contributed by atoms with E-state index < -0.39 is 0 Å². The zero-order valence-corrected chi connectivity index (χ0v) is 10.7. The van der Waals surface area contributed by atoms with Crippen molar-refractivity contribution in [2.24, 2.45) is 5.92 Å². The Labute approximate surface area is 102 Å². The van der Waals surface area contributed by atoms with Crippen LogP contribution < -0.4 is 0 Å². The summed E-state index contributed by atoms with van der Waals surface area (Å²) in [6.07, 6.45) is 5.78. The minimum atomic E-state index is -0.369. The van der Waals surface area contributed by atoms with Gasteiger partial charge in [0.2, 0.25) is 5.89 Å². The molecule has 0 amide bonds. The predicted octanol–water partition coefficient (Wildman–Crippen LogP) is 2.68. The fourth-order valence-corrected chi connectivity index (χ4v) is 2.53. The summed E-state index contributed by atoms with van der Waals surface area (Å²) in [5.74, 6) is 2.39. The van der Waals surface area contributed by atoms with Crippen molar-refractivity contribution in [1.82, 2.24) is 10.1 Å².